The molecule has 0 bridgehead atoms. The summed E-state index contributed by atoms with van der Waals surface area (Å²) in [6, 6.07) is 24.5. The summed E-state index contributed by atoms with van der Waals surface area (Å²) >= 11 is 13.8. The molecule has 4 aromatic rings. The number of halogens is 2. The number of nitrogens with zero attached hydrogens (tertiary/aromatic N) is 1. The third kappa shape index (κ3) is 4.02. The Morgan fingerprint density at radius 2 is 1.58 bits per heavy atom. The number of benzene rings is 3. The van der Waals surface area contributed by atoms with Crippen molar-refractivity contribution in [2.75, 3.05) is 4.90 Å². The van der Waals surface area contributed by atoms with E-state index in [1.807, 2.05) is 78.9 Å². The van der Waals surface area contributed by atoms with Gasteiger partial charge in [0.05, 0.1) is 11.4 Å². The van der Waals surface area contributed by atoms with Gasteiger partial charge in [0.2, 0.25) is 0 Å². The Morgan fingerprint density at radius 3 is 2.42 bits per heavy atom. The molecule has 0 saturated carbocycles. The molecule has 1 amide bonds. The predicted molar refractivity (Wildman–Crippen MR) is 127 cm³/mol. The molecule has 31 heavy (non-hydrogen) atoms. The fraction of sp³-hybridized carbons (Fsp3) is 0. The molecule has 1 aliphatic heterocycles. The highest BCUT2D eigenvalue weighted by Crippen LogP contribution is 2.48. The Morgan fingerprint density at radius 1 is 0.839 bits per heavy atom. The van der Waals surface area contributed by atoms with Crippen LogP contribution in [0.1, 0.15) is 5.76 Å². The molecule has 5 rings (SSSR count). The van der Waals surface area contributed by atoms with Crippen molar-refractivity contribution >= 4 is 58.3 Å². The number of carbonyl (C=O) groups is 1. The first-order valence-electron chi connectivity index (χ1n) is 9.53. The third-order valence-corrected chi connectivity index (χ3v) is 6.47. The van der Waals surface area contributed by atoms with Crippen LogP contribution in [0, 0.1) is 0 Å². The SMILES string of the molecule is O=C(/C=C/c1ccc(-c2ccc(Cl)cc2)o1)N1c2ccccc2Sc2ccc(Cl)cc21. The van der Waals surface area contributed by atoms with E-state index < -0.39 is 0 Å². The van der Waals surface area contributed by atoms with Gasteiger partial charge in [-0.15, -0.1) is 0 Å². The molecule has 2 heterocycles. The zero-order valence-electron chi connectivity index (χ0n) is 16.1. The topological polar surface area (TPSA) is 33.5 Å². The van der Waals surface area contributed by atoms with Gasteiger partial charge < -0.3 is 4.42 Å². The van der Waals surface area contributed by atoms with Gasteiger partial charge >= 0.3 is 0 Å². The number of rotatable bonds is 3. The van der Waals surface area contributed by atoms with E-state index in [0.29, 0.717) is 21.6 Å². The molecule has 0 atom stereocenters. The highest BCUT2D eigenvalue weighted by atomic mass is 35.5. The van der Waals surface area contributed by atoms with E-state index in [-0.39, 0.29) is 5.91 Å². The third-order valence-electron chi connectivity index (χ3n) is 4.85. The lowest BCUT2D eigenvalue weighted by Gasteiger charge is -2.30. The maximum Gasteiger partial charge on any atom is 0.255 e. The van der Waals surface area contributed by atoms with Gasteiger partial charge in [-0.05, 0) is 72.8 Å². The van der Waals surface area contributed by atoms with E-state index in [2.05, 4.69) is 0 Å². The number of furan rings is 1. The van der Waals surface area contributed by atoms with E-state index in [1.54, 1.807) is 22.7 Å². The summed E-state index contributed by atoms with van der Waals surface area (Å²) in [5.41, 5.74) is 2.52. The minimum absolute atomic E-state index is 0.180. The summed E-state index contributed by atoms with van der Waals surface area (Å²) < 4.78 is 5.88. The lowest BCUT2D eigenvalue weighted by atomic mass is 10.2. The van der Waals surface area contributed by atoms with Crippen molar-refractivity contribution in [3.05, 3.63) is 101 Å². The molecule has 0 aliphatic carbocycles. The summed E-state index contributed by atoms with van der Waals surface area (Å²) in [7, 11) is 0. The average Bonchev–Trinajstić information content (AvgIpc) is 3.25. The van der Waals surface area contributed by atoms with Crippen LogP contribution in [0.3, 0.4) is 0 Å². The smallest absolute Gasteiger partial charge is 0.255 e. The zero-order valence-corrected chi connectivity index (χ0v) is 18.4. The Kier molecular flexibility index (Phi) is 5.36. The minimum atomic E-state index is -0.180. The second-order valence-electron chi connectivity index (χ2n) is 6.90. The highest BCUT2D eigenvalue weighted by molar-refractivity contribution is 7.99. The van der Waals surface area contributed by atoms with E-state index in [1.165, 1.54) is 6.08 Å². The van der Waals surface area contributed by atoms with E-state index >= 15 is 0 Å². The highest BCUT2D eigenvalue weighted by Gasteiger charge is 2.27. The van der Waals surface area contributed by atoms with Crippen molar-refractivity contribution in [2.45, 2.75) is 9.79 Å². The number of carbonyl (C=O) groups excluding carboxylic acids is 1. The largest absolute Gasteiger partial charge is 0.457 e. The summed E-state index contributed by atoms with van der Waals surface area (Å²) in [5, 5.41) is 1.25. The fourth-order valence-corrected chi connectivity index (χ4v) is 4.74. The van der Waals surface area contributed by atoms with Crippen molar-refractivity contribution in [1.29, 1.82) is 0 Å². The average molecular weight is 464 g/mol. The number of anilines is 2. The van der Waals surface area contributed by atoms with Crippen LogP contribution in [0.4, 0.5) is 11.4 Å². The Hall–Kier alpha value is -2.92. The summed E-state index contributed by atoms with van der Waals surface area (Å²) in [4.78, 5) is 16.9. The van der Waals surface area contributed by atoms with Crippen LogP contribution in [0.15, 0.2) is 99.1 Å². The van der Waals surface area contributed by atoms with Crippen LogP contribution in [-0.4, -0.2) is 5.91 Å². The summed E-state index contributed by atoms with van der Waals surface area (Å²) in [5.74, 6) is 1.12. The van der Waals surface area contributed by atoms with E-state index in [4.69, 9.17) is 27.6 Å². The standard InChI is InChI=1S/C25H15Cl2NO2S/c26-17-7-5-16(6-8-17)22-12-10-19(30-22)11-14-25(29)28-20-3-1-2-4-23(20)31-24-13-9-18(27)15-21(24)28/h1-15H/b14-11+. The van der Waals surface area contributed by atoms with Crippen molar-refractivity contribution in [3.63, 3.8) is 0 Å². The quantitative estimate of drug-likeness (QED) is 0.287. The Balaban J connectivity index is 1.45. The first kappa shape index (κ1) is 20.0. The monoisotopic (exact) mass is 463 g/mol. The van der Waals surface area contributed by atoms with Crippen LogP contribution in [-0.2, 0) is 4.79 Å². The lowest BCUT2D eigenvalue weighted by molar-refractivity contribution is -0.113. The number of para-hydroxylation sites is 1. The maximum atomic E-state index is 13.3. The molecule has 1 aliphatic rings. The minimum Gasteiger partial charge on any atom is -0.457 e. The van der Waals surface area contributed by atoms with Gasteiger partial charge in [0.15, 0.2) is 0 Å². The van der Waals surface area contributed by atoms with Gasteiger partial charge in [0, 0.05) is 31.5 Å². The van der Waals surface area contributed by atoms with Crippen LogP contribution < -0.4 is 4.90 Å². The maximum absolute atomic E-state index is 13.3. The zero-order chi connectivity index (χ0) is 21.4. The molecule has 3 nitrogen and oxygen atoms in total. The molecular weight excluding hydrogens is 449 g/mol. The lowest BCUT2D eigenvalue weighted by Crippen LogP contribution is -2.26. The summed E-state index contributed by atoms with van der Waals surface area (Å²) in [6.45, 7) is 0. The number of fused-ring (bicyclic) bond motifs is 2. The van der Waals surface area contributed by atoms with Gasteiger partial charge in [0.1, 0.15) is 11.5 Å². The molecule has 6 heteroatoms. The molecular formula is C25H15Cl2NO2S. The fourth-order valence-electron chi connectivity index (χ4n) is 3.41. The van der Waals surface area contributed by atoms with Crippen LogP contribution in [0.25, 0.3) is 17.4 Å². The summed E-state index contributed by atoms with van der Waals surface area (Å²) in [6.07, 6.45) is 3.19. The molecule has 1 aromatic heterocycles. The molecule has 0 spiro atoms. The van der Waals surface area contributed by atoms with Gasteiger partial charge in [-0.25, -0.2) is 0 Å². The van der Waals surface area contributed by atoms with Crippen molar-refractivity contribution in [2.24, 2.45) is 0 Å². The first-order chi connectivity index (χ1) is 15.1. The molecule has 0 unspecified atom stereocenters. The van der Waals surface area contributed by atoms with Crippen molar-refractivity contribution < 1.29 is 9.21 Å². The number of amides is 1. The normalized spacial score (nSPS) is 12.6. The van der Waals surface area contributed by atoms with Crippen LogP contribution in [0.5, 0.6) is 0 Å². The molecule has 3 aromatic carbocycles. The second-order valence-corrected chi connectivity index (χ2v) is 8.85. The van der Waals surface area contributed by atoms with Crippen LogP contribution >= 0.6 is 35.0 Å². The molecule has 0 N–H and O–H groups in total. The predicted octanol–water partition coefficient (Wildman–Crippen LogP) is 8.10. The van der Waals surface area contributed by atoms with Crippen molar-refractivity contribution in [3.8, 4) is 11.3 Å². The van der Waals surface area contributed by atoms with Crippen LogP contribution in [0.2, 0.25) is 10.0 Å². The van der Waals surface area contributed by atoms with Gasteiger partial charge in [-0.1, -0.05) is 47.1 Å². The molecule has 0 saturated heterocycles. The van der Waals surface area contributed by atoms with Crippen molar-refractivity contribution in [1.82, 2.24) is 0 Å². The number of hydrogen-bond donors (Lipinski definition) is 0. The second kappa shape index (κ2) is 8.31. The molecule has 0 fully saturated rings. The van der Waals surface area contributed by atoms with Gasteiger partial charge in [0.25, 0.3) is 5.91 Å². The Labute approximate surface area is 193 Å². The first-order valence-corrected chi connectivity index (χ1v) is 11.1. The van der Waals surface area contributed by atoms with E-state index in [0.717, 1.165) is 26.7 Å². The van der Waals surface area contributed by atoms with Gasteiger partial charge in [-0.2, -0.15) is 0 Å². The molecule has 0 radical (unpaired) electrons. The van der Waals surface area contributed by atoms with E-state index in [9.17, 15) is 4.79 Å². The van der Waals surface area contributed by atoms with Gasteiger partial charge in [-0.3, -0.25) is 9.69 Å². The molecule has 152 valence electrons. The Bertz CT molecular complexity index is 1310. The number of hydrogen-bond acceptors (Lipinski definition) is 3.